The molecule has 1 aromatic heterocycles. The molecule has 0 radical (unpaired) electrons. The minimum atomic E-state index is -0.489. The Morgan fingerprint density at radius 1 is 1.35 bits per heavy atom. The molecule has 1 amide bonds. The normalized spacial score (nSPS) is 11.2. The number of fused-ring (bicyclic) bond motifs is 1. The fraction of sp³-hybridized carbons (Fsp3) is 0. The minimum Gasteiger partial charge on any atom is -0.506 e. The number of phenolic OH excluding ortho intramolecular Hbond substituents is 1. The number of nitro benzene ring substituents is 1. The van der Waals surface area contributed by atoms with E-state index in [2.05, 4.69) is 26.5 Å². The van der Waals surface area contributed by atoms with E-state index in [4.69, 9.17) is 11.6 Å². The van der Waals surface area contributed by atoms with Crippen molar-refractivity contribution in [1.29, 1.82) is 0 Å². The van der Waals surface area contributed by atoms with E-state index in [1.165, 1.54) is 41.8 Å². The lowest BCUT2D eigenvalue weighted by Gasteiger charge is -2.02. The molecule has 0 saturated carbocycles. The van der Waals surface area contributed by atoms with Crippen LogP contribution in [0.4, 0.5) is 5.69 Å². The minimum absolute atomic E-state index is 0.0395. The molecule has 0 bridgehead atoms. The molecule has 0 spiro atoms. The number of phenols is 1. The van der Waals surface area contributed by atoms with Gasteiger partial charge in [-0.2, -0.15) is 5.10 Å². The van der Waals surface area contributed by atoms with Crippen LogP contribution >= 0.6 is 38.9 Å². The molecule has 132 valence electrons. The Kier molecular flexibility index (Phi) is 5.21. The summed E-state index contributed by atoms with van der Waals surface area (Å²) < 4.78 is 1.16. The second-order valence-corrected chi connectivity index (χ2v) is 7.49. The van der Waals surface area contributed by atoms with Crippen LogP contribution in [0.2, 0.25) is 5.02 Å². The highest BCUT2D eigenvalue weighted by atomic mass is 79.9. The maximum atomic E-state index is 12.2. The van der Waals surface area contributed by atoms with Crippen molar-refractivity contribution in [2.75, 3.05) is 0 Å². The van der Waals surface area contributed by atoms with Crippen LogP contribution in [0.3, 0.4) is 0 Å². The lowest BCUT2D eigenvalue weighted by molar-refractivity contribution is -0.384. The zero-order valence-corrected chi connectivity index (χ0v) is 15.9. The smallest absolute Gasteiger partial charge is 0.281 e. The number of amides is 1. The van der Waals surface area contributed by atoms with Crippen LogP contribution in [-0.4, -0.2) is 22.2 Å². The van der Waals surface area contributed by atoms with Crippen LogP contribution < -0.4 is 5.43 Å². The van der Waals surface area contributed by atoms with Crippen LogP contribution in [0.1, 0.15) is 15.2 Å². The number of halogens is 2. The Labute approximate surface area is 164 Å². The summed E-state index contributed by atoms with van der Waals surface area (Å²) in [6.07, 6.45) is 1.27. The molecule has 2 aromatic carbocycles. The number of hydrogen-bond donors (Lipinski definition) is 2. The summed E-state index contributed by atoms with van der Waals surface area (Å²) in [4.78, 5) is 22.9. The third-order valence-corrected chi connectivity index (χ3v) is 5.30. The molecule has 1 heterocycles. The summed E-state index contributed by atoms with van der Waals surface area (Å²) in [6, 6.07) is 8.98. The van der Waals surface area contributed by atoms with Crippen molar-refractivity contribution in [3.05, 3.63) is 66.4 Å². The number of hydrogen-bond acceptors (Lipinski definition) is 6. The van der Waals surface area contributed by atoms with Crippen LogP contribution in [0, 0.1) is 10.1 Å². The highest BCUT2D eigenvalue weighted by molar-refractivity contribution is 9.10. The summed E-state index contributed by atoms with van der Waals surface area (Å²) in [5.74, 6) is -0.521. The number of aromatic hydroxyl groups is 1. The Morgan fingerprint density at radius 2 is 2.12 bits per heavy atom. The van der Waals surface area contributed by atoms with Crippen LogP contribution in [0.25, 0.3) is 10.1 Å². The van der Waals surface area contributed by atoms with E-state index in [-0.39, 0.29) is 11.4 Å². The van der Waals surface area contributed by atoms with E-state index in [9.17, 15) is 20.0 Å². The fourth-order valence-electron chi connectivity index (χ4n) is 2.16. The summed E-state index contributed by atoms with van der Waals surface area (Å²) in [6.45, 7) is 0. The maximum Gasteiger partial charge on any atom is 0.281 e. The van der Waals surface area contributed by atoms with E-state index in [0.29, 0.717) is 25.3 Å². The van der Waals surface area contributed by atoms with Crippen molar-refractivity contribution in [1.82, 2.24) is 5.43 Å². The van der Waals surface area contributed by atoms with Crippen LogP contribution in [0.5, 0.6) is 5.75 Å². The van der Waals surface area contributed by atoms with Gasteiger partial charge in [0.1, 0.15) is 5.75 Å². The Hall–Kier alpha value is -2.49. The number of benzene rings is 2. The molecule has 10 heteroatoms. The predicted octanol–water partition coefficient (Wildman–Crippen LogP) is 4.69. The van der Waals surface area contributed by atoms with Crippen molar-refractivity contribution >= 4 is 66.8 Å². The van der Waals surface area contributed by atoms with E-state index in [1.54, 1.807) is 12.1 Å². The van der Waals surface area contributed by atoms with Gasteiger partial charge in [-0.05, 0) is 40.2 Å². The highest BCUT2D eigenvalue weighted by Gasteiger charge is 2.13. The monoisotopic (exact) mass is 453 g/mol. The molecular weight excluding hydrogens is 446 g/mol. The Morgan fingerprint density at radius 3 is 2.85 bits per heavy atom. The average molecular weight is 455 g/mol. The van der Waals surface area contributed by atoms with Gasteiger partial charge in [0.25, 0.3) is 11.6 Å². The first kappa shape index (κ1) is 18.3. The standard InChI is InChI=1S/C16H9BrClN3O4S/c17-12-6-10(18)3-9(15(12)22)7-19-20-16(23)14-5-8-4-11(21(24)25)1-2-13(8)26-14/h1-7,22H,(H,20,23). The second-order valence-electron chi connectivity index (χ2n) is 5.11. The molecule has 2 N–H and O–H groups in total. The van der Waals surface area contributed by atoms with Gasteiger partial charge >= 0.3 is 0 Å². The third kappa shape index (κ3) is 3.85. The van der Waals surface area contributed by atoms with Crippen LogP contribution in [0.15, 0.2) is 46.0 Å². The average Bonchev–Trinajstić information content (AvgIpc) is 3.02. The Bertz CT molecular complexity index is 1070. The SMILES string of the molecule is O=C(NN=Cc1cc(Cl)cc(Br)c1O)c1cc2cc([N+](=O)[O-])ccc2s1. The maximum absolute atomic E-state index is 12.2. The lowest BCUT2D eigenvalue weighted by Crippen LogP contribution is -2.16. The molecule has 26 heavy (non-hydrogen) atoms. The molecule has 0 aliphatic carbocycles. The van der Waals surface area contributed by atoms with Crippen LogP contribution in [-0.2, 0) is 0 Å². The van der Waals surface area contributed by atoms with E-state index < -0.39 is 10.8 Å². The largest absolute Gasteiger partial charge is 0.506 e. The van der Waals surface area contributed by atoms with Gasteiger partial charge in [-0.25, -0.2) is 5.43 Å². The third-order valence-electron chi connectivity index (χ3n) is 3.36. The molecular formula is C16H9BrClN3O4S. The first-order valence-electron chi connectivity index (χ1n) is 7.04. The summed E-state index contributed by atoms with van der Waals surface area (Å²) in [7, 11) is 0. The van der Waals surface area contributed by atoms with Gasteiger partial charge in [-0.3, -0.25) is 14.9 Å². The summed E-state index contributed by atoms with van der Waals surface area (Å²) in [5.41, 5.74) is 2.64. The number of thiophene rings is 1. The fourth-order valence-corrected chi connectivity index (χ4v) is 3.92. The van der Waals surface area contributed by atoms with E-state index in [1.807, 2.05) is 0 Å². The van der Waals surface area contributed by atoms with Crippen molar-refractivity contribution < 1.29 is 14.8 Å². The number of nitro groups is 1. The summed E-state index contributed by atoms with van der Waals surface area (Å²) >= 11 is 10.3. The number of carbonyl (C=O) groups is 1. The zero-order chi connectivity index (χ0) is 18.8. The molecule has 0 atom stereocenters. The van der Waals surface area contributed by atoms with Gasteiger partial charge in [-0.15, -0.1) is 11.3 Å². The number of rotatable bonds is 4. The molecule has 7 nitrogen and oxygen atoms in total. The van der Waals surface area contributed by atoms with Gasteiger partial charge in [-0.1, -0.05) is 11.6 Å². The molecule has 3 rings (SSSR count). The number of nitrogens with zero attached hydrogens (tertiary/aromatic N) is 2. The molecule has 0 aliphatic rings. The van der Waals surface area contributed by atoms with Gasteiger partial charge in [0, 0.05) is 32.8 Å². The van der Waals surface area contributed by atoms with Gasteiger partial charge in [0.2, 0.25) is 0 Å². The topological polar surface area (TPSA) is 105 Å². The van der Waals surface area contributed by atoms with Gasteiger partial charge in [0.05, 0.1) is 20.5 Å². The van der Waals surface area contributed by atoms with E-state index >= 15 is 0 Å². The first-order valence-corrected chi connectivity index (χ1v) is 9.03. The second kappa shape index (κ2) is 7.40. The molecule has 0 aliphatic heterocycles. The predicted molar refractivity (Wildman–Crippen MR) is 104 cm³/mol. The van der Waals surface area contributed by atoms with Crippen molar-refractivity contribution in [3.8, 4) is 5.75 Å². The number of hydrazone groups is 1. The van der Waals surface area contributed by atoms with Crippen molar-refractivity contribution in [2.45, 2.75) is 0 Å². The number of nitrogens with one attached hydrogen (secondary N) is 1. The number of non-ortho nitro benzene ring substituents is 1. The lowest BCUT2D eigenvalue weighted by atomic mass is 10.2. The molecule has 0 saturated heterocycles. The number of carbonyl (C=O) groups excluding carboxylic acids is 1. The molecule has 0 fully saturated rings. The van der Waals surface area contributed by atoms with Gasteiger partial charge < -0.3 is 5.11 Å². The van der Waals surface area contributed by atoms with E-state index in [0.717, 1.165) is 4.70 Å². The zero-order valence-electron chi connectivity index (χ0n) is 12.8. The van der Waals surface area contributed by atoms with Gasteiger partial charge in [0.15, 0.2) is 0 Å². The molecule has 3 aromatic rings. The molecule has 0 unspecified atom stereocenters. The quantitative estimate of drug-likeness (QED) is 0.339. The van der Waals surface area contributed by atoms with Crippen molar-refractivity contribution in [2.24, 2.45) is 5.10 Å². The first-order chi connectivity index (χ1) is 12.3. The highest BCUT2D eigenvalue weighted by Crippen LogP contribution is 2.31. The summed E-state index contributed by atoms with van der Waals surface area (Å²) in [5, 5.41) is 25.5. The Balaban J connectivity index is 1.78. The van der Waals surface area contributed by atoms with Crippen molar-refractivity contribution in [3.63, 3.8) is 0 Å².